The fourth-order valence-electron chi connectivity index (χ4n) is 1.09. The molecule has 16 heavy (non-hydrogen) atoms. The number of carbonyl (C=O) groups excluding carboxylic acids is 1. The van der Waals surface area contributed by atoms with Crippen LogP contribution in [0.2, 0.25) is 0 Å². The third-order valence-electron chi connectivity index (χ3n) is 2.02. The molecule has 1 aromatic rings. The SMILES string of the molecule is CCCCN(C)/N=N/c1[nH]ncc1C(N)=O. The minimum Gasteiger partial charge on any atom is -0.365 e. The van der Waals surface area contributed by atoms with E-state index in [0.29, 0.717) is 0 Å². The molecule has 0 aliphatic rings. The van der Waals surface area contributed by atoms with Crippen molar-refractivity contribution in [1.82, 2.24) is 15.2 Å². The normalized spacial score (nSPS) is 10.9. The Hall–Kier alpha value is -1.92. The molecule has 0 bridgehead atoms. The summed E-state index contributed by atoms with van der Waals surface area (Å²) < 4.78 is 0. The van der Waals surface area contributed by atoms with E-state index >= 15 is 0 Å². The first-order valence-corrected chi connectivity index (χ1v) is 5.11. The first-order chi connectivity index (χ1) is 7.65. The second kappa shape index (κ2) is 5.84. The molecule has 0 radical (unpaired) electrons. The van der Waals surface area contributed by atoms with Gasteiger partial charge in [0.15, 0.2) is 5.82 Å². The summed E-state index contributed by atoms with van der Waals surface area (Å²) >= 11 is 0. The van der Waals surface area contributed by atoms with Gasteiger partial charge in [0.25, 0.3) is 5.91 Å². The number of H-pyrrole nitrogens is 1. The van der Waals surface area contributed by atoms with Crippen LogP contribution in [0.3, 0.4) is 0 Å². The number of rotatable bonds is 6. The predicted molar refractivity (Wildman–Crippen MR) is 59.2 cm³/mol. The number of nitrogens with one attached hydrogen (secondary N) is 1. The summed E-state index contributed by atoms with van der Waals surface area (Å²) in [6.45, 7) is 2.92. The molecular weight excluding hydrogens is 208 g/mol. The Morgan fingerprint density at radius 2 is 2.44 bits per heavy atom. The van der Waals surface area contributed by atoms with Gasteiger partial charge in [-0.1, -0.05) is 18.6 Å². The number of nitrogens with zero attached hydrogens (tertiary/aromatic N) is 4. The van der Waals surface area contributed by atoms with Gasteiger partial charge in [0.1, 0.15) is 5.56 Å². The predicted octanol–water partition coefficient (Wildman–Crippen LogP) is 1.24. The largest absolute Gasteiger partial charge is 0.365 e. The van der Waals surface area contributed by atoms with E-state index in [1.807, 2.05) is 7.05 Å². The van der Waals surface area contributed by atoms with Gasteiger partial charge in [-0.05, 0) is 6.42 Å². The van der Waals surface area contributed by atoms with Crippen molar-refractivity contribution >= 4 is 11.7 Å². The van der Waals surface area contributed by atoms with Gasteiger partial charge in [-0.15, -0.1) is 5.11 Å². The highest BCUT2D eigenvalue weighted by molar-refractivity contribution is 5.96. The standard InChI is InChI=1S/C9H16N6O/c1-3-4-5-15(2)14-13-9-7(8(10)16)6-11-12-9/h6H,3-5H2,1-2H3,(H2,10,16)(H,11,12)/b14-13+. The molecule has 1 aromatic heterocycles. The molecule has 0 atom stereocenters. The Labute approximate surface area is 93.7 Å². The molecule has 7 nitrogen and oxygen atoms in total. The van der Waals surface area contributed by atoms with Crippen LogP contribution in [0.25, 0.3) is 0 Å². The fraction of sp³-hybridized carbons (Fsp3) is 0.556. The minimum atomic E-state index is -0.570. The molecule has 0 fully saturated rings. The van der Waals surface area contributed by atoms with Crippen LogP contribution in [-0.4, -0.2) is 34.7 Å². The van der Waals surface area contributed by atoms with E-state index in [9.17, 15) is 4.79 Å². The van der Waals surface area contributed by atoms with Crippen molar-refractivity contribution in [2.24, 2.45) is 16.1 Å². The van der Waals surface area contributed by atoms with Gasteiger partial charge in [0.2, 0.25) is 0 Å². The Kier molecular flexibility index (Phi) is 4.43. The Morgan fingerprint density at radius 3 is 3.06 bits per heavy atom. The van der Waals surface area contributed by atoms with Gasteiger partial charge in [0.05, 0.1) is 6.20 Å². The summed E-state index contributed by atoms with van der Waals surface area (Å²) in [5.74, 6) is -0.283. The molecule has 0 aliphatic heterocycles. The molecule has 0 aromatic carbocycles. The van der Waals surface area contributed by atoms with Crippen molar-refractivity contribution in [3.8, 4) is 0 Å². The third-order valence-corrected chi connectivity index (χ3v) is 2.02. The molecular formula is C9H16N6O. The van der Waals surface area contributed by atoms with E-state index in [1.54, 1.807) is 5.01 Å². The first kappa shape index (κ1) is 12.2. The van der Waals surface area contributed by atoms with Crippen LogP contribution in [0.15, 0.2) is 16.5 Å². The minimum absolute atomic E-state index is 0.243. The molecule has 1 rings (SSSR count). The van der Waals surface area contributed by atoms with Crippen LogP contribution in [0.1, 0.15) is 30.1 Å². The third kappa shape index (κ3) is 3.34. The zero-order valence-electron chi connectivity index (χ0n) is 9.47. The second-order valence-corrected chi connectivity index (χ2v) is 3.42. The van der Waals surface area contributed by atoms with Gasteiger partial charge in [0, 0.05) is 13.6 Å². The Balaban J connectivity index is 2.61. The monoisotopic (exact) mass is 224 g/mol. The smallest absolute Gasteiger partial charge is 0.254 e. The van der Waals surface area contributed by atoms with Crippen molar-refractivity contribution in [2.45, 2.75) is 19.8 Å². The maximum atomic E-state index is 10.9. The van der Waals surface area contributed by atoms with E-state index in [4.69, 9.17) is 5.73 Å². The summed E-state index contributed by atoms with van der Waals surface area (Å²) in [5.41, 5.74) is 5.37. The highest BCUT2D eigenvalue weighted by Crippen LogP contribution is 2.14. The number of primary amides is 1. The van der Waals surface area contributed by atoms with Gasteiger partial charge >= 0.3 is 0 Å². The van der Waals surface area contributed by atoms with Crippen LogP contribution < -0.4 is 5.73 Å². The summed E-state index contributed by atoms with van der Waals surface area (Å²) in [6, 6.07) is 0. The number of aromatic amines is 1. The van der Waals surface area contributed by atoms with Gasteiger partial charge in [-0.2, -0.15) is 5.10 Å². The van der Waals surface area contributed by atoms with E-state index in [2.05, 4.69) is 27.5 Å². The maximum Gasteiger partial charge on any atom is 0.254 e. The molecule has 0 aliphatic carbocycles. The summed E-state index contributed by atoms with van der Waals surface area (Å²) in [5, 5.41) is 15.7. The second-order valence-electron chi connectivity index (χ2n) is 3.42. The van der Waals surface area contributed by atoms with Crippen LogP contribution in [0.5, 0.6) is 0 Å². The van der Waals surface area contributed by atoms with E-state index in [1.165, 1.54) is 6.20 Å². The molecule has 3 N–H and O–H groups in total. The molecule has 88 valence electrons. The number of unbranched alkanes of at least 4 members (excludes halogenated alkanes) is 1. The maximum absolute atomic E-state index is 10.9. The van der Waals surface area contributed by atoms with Crippen molar-refractivity contribution in [3.63, 3.8) is 0 Å². The zero-order chi connectivity index (χ0) is 12.0. The van der Waals surface area contributed by atoms with Crippen LogP contribution in [-0.2, 0) is 0 Å². The quantitative estimate of drug-likeness (QED) is 0.561. The van der Waals surface area contributed by atoms with Crippen molar-refractivity contribution in [1.29, 1.82) is 0 Å². The van der Waals surface area contributed by atoms with E-state index in [0.717, 1.165) is 19.4 Å². The number of nitrogens with two attached hydrogens (primary N) is 1. The van der Waals surface area contributed by atoms with E-state index in [-0.39, 0.29) is 11.4 Å². The van der Waals surface area contributed by atoms with E-state index < -0.39 is 5.91 Å². The highest BCUT2D eigenvalue weighted by Gasteiger charge is 2.09. The molecule has 0 spiro atoms. The molecule has 1 amide bonds. The Bertz CT molecular complexity index is 372. The lowest BCUT2D eigenvalue weighted by molar-refractivity contribution is 0.100. The number of carbonyl (C=O) groups is 1. The van der Waals surface area contributed by atoms with Crippen LogP contribution in [0.4, 0.5) is 5.82 Å². The van der Waals surface area contributed by atoms with Crippen molar-refractivity contribution in [3.05, 3.63) is 11.8 Å². The number of hydrogen-bond acceptors (Lipinski definition) is 4. The summed E-state index contributed by atoms with van der Waals surface area (Å²) in [6.07, 6.45) is 3.47. The molecule has 0 saturated heterocycles. The lowest BCUT2D eigenvalue weighted by Gasteiger charge is -2.09. The average molecular weight is 224 g/mol. The van der Waals surface area contributed by atoms with Crippen molar-refractivity contribution < 1.29 is 4.79 Å². The highest BCUT2D eigenvalue weighted by atomic mass is 16.1. The molecule has 0 saturated carbocycles. The van der Waals surface area contributed by atoms with Crippen molar-refractivity contribution in [2.75, 3.05) is 13.6 Å². The molecule has 0 unspecified atom stereocenters. The van der Waals surface area contributed by atoms with Gasteiger partial charge < -0.3 is 5.73 Å². The Morgan fingerprint density at radius 1 is 1.69 bits per heavy atom. The topological polar surface area (TPSA) is 99.7 Å². The van der Waals surface area contributed by atoms with Crippen LogP contribution >= 0.6 is 0 Å². The molecule has 1 heterocycles. The number of aromatic nitrogens is 2. The first-order valence-electron chi connectivity index (χ1n) is 5.11. The average Bonchev–Trinajstić information content (AvgIpc) is 2.71. The van der Waals surface area contributed by atoms with Gasteiger partial charge in [-0.25, -0.2) is 0 Å². The number of hydrogen-bond donors (Lipinski definition) is 2. The zero-order valence-corrected chi connectivity index (χ0v) is 9.47. The lowest BCUT2D eigenvalue weighted by atomic mass is 10.3. The van der Waals surface area contributed by atoms with Gasteiger partial charge in [-0.3, -0.25) is 14.9 Å². The lowest BCUT2D eigenvalue weighted by Crippen LogP contribution is -2.12. The van der Waals surface area contributed by atoms with Crippen LogP contribution in [0, 0.1) is 0 Å². The molecule has 7 heteroatoms. The summed E-state index contributed by atoms with van der Waals surface area (Å²) in [4.78, 5) is 10.9. The number of amides is 1. The summed E-state index contributed by atoms with van der Waals surface area (Å²) in [7, 11) is 1.82. The fourth-order valence-corrected chi connectivity index (χ4v) is 1.09.